The molecule has 2 aromatic heterocycles. The minimum atomic E-state index is -0.605. The zero-order chi connectivity index (χ0) is 18.8. The van der Waals surface area contributed by atoms with E-state index in [9.17, 15) is 14.4 Å². The van der Waals surface area contributed by atoms with Crippen LogP contribution in [0.3, 0.4) is 0 Å². The Labute approximate surface area is 162 Å². The Hall–Kier alpha value is -2.45. The van der Waals surface area contributed by atoms with Crippen LogP contribution in [0, 0.1) is 0 Å². The third-order valence-electron chi connectivity index (χ3n) is 4.07. The molecule has 26 heavy (non-hydrogen) atoms. The van der Waals surface area contributed by atoms with E-state index >= 15 is 0 Å². The third kappa shape index (κ3) is 3.30. The Morgan fingerprint density at radius 3 is 2.38 bits per heavy atom. The number of carbonyl (C=O) groups excluding carboxylic acids is 1. The first-order valence-electron chi connectivity index (χ1n) is 7.74. The molecule has 0 fully saturated rings. The van der Waals surface area contributed by atoms with Gasteiger partial charge < -0.3 is 4.90 Å². The molecule has 0 aliphatic rings. The molecule has 1 aromatic carbocycles. The second kappa shape index (κ2) is 7.43. The highest BCUT2D eigenvalue weighted by Crippen LogP contribution is 2.29. The summed E-state index contributed by atoms with van der Waals surface area (Å²) in [6.45, 7) is 0.431. The van der Waals surface area contributed by atoms with Gasteiger partial charge in [-0.05, 0) is 35.7 Å². The summed E-state index contributed by atoms with van der Waals surface area (Å²) in [5.41, 5.74) is -0.364. The van der Waals surface area contributed by atoms with Gasteiger partial charge in [-0.25, -0.2) is 4.79 Å². The van der Waals surface area contributed by atoms with E-state index in [0.29, 0.717) is 12.8 Å². The molecule has 0 saturated heterocycles. The summed E-state index contributed by atoms with van der Waals surface area (Å²) < 4.78 is 3.18. The van der Waals surface area contributed by atoms with Crippen molar-refractivity contribution < 1.29 is 4.79 Å². The smallest absolute Gasteiger partial charge is 0.322 e. The average molecular weight is 434 g/mol. The highest BCUT2D eigenvalue weighted by atomic mass is 79.9. The molecular weight excluding hydrogens is 418 g/mol. The molecule has 0 unspecified atom stereocenters. The minimum absolute atomic E-state index is 0.0472. The standard InChI is InChI=1S/C18H16BrN3O3S/c1-20-16(15(11-23)17(24)21(2)18(20)25)22(10-14-4-3-9-26-14)13-7-5-12(19)6-8-13/h3-9,11H,10H2,1-2H3. The molecule has 0 radical (unpaired) electrons. The molecule has 134 valence electrons. The molecule has 3 aromatic rings. The predicted octanol–water partition coefficient (Wildman–Crippen LogP) is 3.06. The summed E-state index contributed by atoms with van der Waals surface area (Å²) in [4.78, 5) is 39.5. The minimum Gasteiger partial charge on any atom is -0.322 e. The second-order valence-corrected chi connectivity index (χ2v) is 7.65. The molecule has 0 N–H and O–H groups in total. The highest BCUT2D eigenvalue weighted by molar-refractivity contribution is 9.10. The number of thiophene rings is 1. The van der Waals surface area contributed by atoms with Crippen LogP contribution in [0.2, 0.25) is 0 Å². The van der Waals surface area contributed by atoms with Gasteiger partial charge in [0, 0.05) is 29.1 Å². The largest absolute Gasteiger partial charge is 0.332 e. The van der Waals surface area contributed by atoms with E-state index in [2.05, 4.69) is 15.9 Å². The number of hydrogen-bond donors (Lipinski definition) is 0. The molecular formula is C18H16BrN3O3S. The van der Waals surface area contributed by atoms with Gasteiger partial charge in [-0.15, -0.1) is 11.3 Å². The first-order valence-corrected chi connectivity index (χ1v) is 9.42. The summed E-state index contributed by atoms with van der Waals surface area (Å²) in [6, 6.07) is 11.4. The van der Waals surface area contributed by atoms with Crippen LogP contribution in [0.4, 0.5) is 11.5 Å². The molecule has 3 rings (SSSR count). The van der Waals surface area contributed by atoms with Crippen LogP contribution in [-0.2, 0) is 20.6 Å². The summed E-state index contributed by atoms with van der Waals surface area (Å²) in [5, 5.41) is 1.96. The summed E-state index contributed by atoms with van der Waals surface area (Å²) >= 11 is 4.97. The third-order valence-corrected chi connectivity index (χ3v) is 5.46. The maximum Gasteiger partial charge on any atom is 0.332 e. The van der Waals surface area contributed by atoms with Gasteiger partial charge in [-0.1, -0.05) is 22.0 Å². The number of halogens is 1. The number of anilines is 2. The summed E-state index contributed by atoms with van der Waals surface area (Å²) in [6.07, 6.45) is 0.511. The van der Waals surface area contributed by atoms with Gasteiger partial charge in [0.05, 0.1) is 6.54 Å². The SMILES string of the molecule is Cn1c(N(Cc2cccs2)c2ccc(Br)cc2)c(C=O)c(=O)n(C)c1=O. The number of carbonyl (C=O) groups is 1. The number of nitrogens with zero attached hydrogens (tertiary/aromatic N) is 3. The normalized spacial score (nSPS) is 10.7. The summed E-state index contributed by atoms with van der Waals surface area (Å²) in [5.74, 6) is 0.281. The fourth-order valence-electron chi connectivity index (χ4n) is 2.76. The quantitative estimate of drug-likeness (QED) is 0.580. The van der Waals surface area contributed by atoms with Crippen molar-refractivity contribution in [1.29, 1.82) is 0 Å². The summed E-state index contributed by atoms with van der Waals surface area (Å²) in [7, 11) is 2.93. The molecule has 0 atom stereocenters. The van der Waals surface area contributed by atoms with Gasteiger partial charge in [-0.3, -0.25) is 18.7 Å². The van der Waals surface area contributed by atoms with Gasteiger partial charge >= 0.3 is 5.69 Å². The zero-order valence-electron chi connectivity index (χ0n) is 14.2. The fraction of sp³-hybridized carbons (Fsp3) is 0.167. The number of aromatic nitrogens is 2. The maximum absolute atomic E-state index is 12.5. The topological polar surface area (TPSA) is 64.3 Å². The predicted molar refractivity (Wildman–Crippen MR) is 107 cm³/mol. The lowest BCUT2D eigenvalue weighted by Gasteiger charge is -2.27. The zero-order valence-corrected chi connectivity index (χ0v) is 16.6. The second-order valence-electron chi connectivity index (χ2n) is 5.70. The Bertz CT molecular complexity index is 1050. The molecule has 0 spiro atoms. The lowest BCUT2D eigenvalue weighted by atomic mass is 10.2. The van der Waals surface area contributed by atoms with Crippen LogP contribution in [0.15, 0.2) is 55.8 Å². The molecule has 0 aliphatic carbocycles. The number of rotatable bonds is 5. The van der Waals surface area contributed by atoms with Crippen molar-refractivity contribution in [3.8, 4) is 0 Å². The van der Waals surface area contributed by atoms with Crippen LogP contribution >= 0.6 is 27.3 Å². The van der Waals surface area contributed by atoms with Crippen LogP contribution in [0.25, 0.3) is 0 Å². The van der Waals surface area contributed by atoms with E-state index in [0.717, 1.165) is 19.6 Å². The molecule has 8 heteroatoms. The van der Waals surface area contributed by atoms with Gasteiger partial charge in [0.15, 0.2) is 6.29 Å². The van der Waals surface area contributed by atoms with E-state index in [1.807, 2.05) is 46.7 Å². The van der Waals surface area contributed by atoms with E-state index < -0.39 is 11.2 Å². The highest BCUT2D eigenvalue weighted by Gasteiger charge is 2.22. The Morgan fingerprint density at radius 2 is 1.81 bits per heavy atom. The lowest BCUT2D eigenvalue weighted by Crippen LogP contribution is -2.42. The Kier molecular flexibility index (Phi) is 5.24. The van der Waals surface area contributed by atoms with Crippen molar-refractivity contribution in [2.75, 3.05) is 4.90 Å². The molecule has 0 amide bonds. The van der Waals surface area contributed by atoms with Gasteiger partial charge in [-0.2, -0.15) is 0 Å². The lowest BCUT2D eigenvalue weighted by molar-refractivity contribution is 0.112. The first kappa shape index (κ1) is 18.3. The van der Waals surface area contributed by atoms with Crippen molar-refractivity contribution in [2.45, 2.75) is 6.54 Å². The van der Waals surface area contributed by atoms with E-state index in [1.165, 1.54) is 11.6 Å². The molecule has 0 aliphatic heterocycles. The molecule has 2 heterocycles. The van der Waals surface area contributed by atoms with Crippen molar-refractivity contribution >= 4 is 45.1 Å². The Morgan fingerprint density at radius 1 is 1.12 bits per heavy atom. The van der Waals surface area contributed by atoms with Gasteiger partial charge in [0.25, 0.3) is 5.56 Å². The van der Waals surface area contributed by atoms with Crippen molar-refractivity contribution in [2.24, 2.45) is 14.1 Å². The monoisotopic (exact) mass is 433 g/mol. The number of benzene rings is 1. The van der Waals surface area contributed by atoms with Crippen molar-refractivity contribution in [3.05, 3.63) is 77.5 Å². The van der Waals surface area contributed by atoms with E-state index in [4.69, 9.17) is 0 Å². The van der Waals surface area contributed by atoms with Gasteiger partial charge in [0.2, 0.25) is 0 Å². The first-order chi connectivity index (χ1) is 12.4. The molecule has 6 nitrogen and oxygen atoms in total. The maximum atomic E-state index is 12.5. The molecule has 0 bridgehead atoms. The van der Waals surface area contributed by atoms with Crippen LogP contribution < -0.4 is 16.1 Å². The van der Waals surface area contributed by atoms with E-state index in [-0.39, 0.29) is 11.4 Å². The van der Waals surface area contributed by atoms with Crippen LogP contribution in [-0.4, -0.2) is 15.4 Å². The molecule has 0 saturated carbocycles. The van der Waals surface area contributed by atoms with Crippen LogP contribution in [0.5, 0.6) is 0 Å². The Balaban J connectivity index is 2.28. The number of aldehydes is 1. The average Bonchev–Trinajstić information content (AvgIpc) is 3.15. The fourth-order valence-corrected chi connectivity index (χ4v) is 3.71. The van der Waals surface area contributed by atoms with Crippen LogP contribution in [0.1, 0.15) is 15.2 Å². The van der Waals surface area contributed by atoms with Crippen molar-refractivity contribution in [1.82, 2.24) is 9.13 Å². The van der Waals surface area contributed by atoms with Gasteiger partial charge in [0.1, 0.15) is 11.4 Å². The number of hydrogen-bond acceptors (Lipinski definition) is 5. The van der Waals surface area contributed by atoms with E-state index in [1.54, 1.807) is 18.4 Å². The van der Waals surface area contributed by atoms with Crippen molar-refractivity contribution in [3.63, 3.8) is 0 Å².